The number of hydrogen-bond acceptors (Lipinski definition) is 3. The Morgan fingerprint density at radius 3 is 2.82 bits per heavy atom. The van der Waals surface area contributed by atoms with E-state index >= 15 is 0 Å². The van der Waals surface area contributed by atoms with Crippen molar-refractivity contribution in [1.29, 1.82) is 0 Å². The smallest absolute Gasteiger partial charge is 0.0702 e. The van der Waals surface area contributed by atoms with Gasteiger partial charge < -0.3 is 10.1 Å². The predicted octanol–water partition coefficient (Wildman–Crippen LogP) is 2.02. The van der Waals surface area contributed by atoms with Gasteiger partial charge in [-0.2, -0.15) is 0 Å². The van der Waals surface area contributed by atoms with Crippen LogP contribution in [0.4, 0.5) is 0 Å². The number of nitrogens with one attached hydrogen (secondary N) is 1. The van der Waals surface area contributed by atoms with Crippen LogP contribution < -0.4 is 5.32 Å². The highest BCUT2D eigenvalue weighted by Crippen LogP contribution is 2.21. The number of nitrogens with zero attached hydrogens (tertiary/aromatic N) is 1. The molecule has 3 nitrogen and oxygen atoms in total. The van der Waals surface area contributed by atoms with Gasteiger partial charge in [-0.3, -0.25) is 4.90 Å². The highest BCUT2D eigenvalue weighted by molar-refractivity contribution is 4.83. The Kier molecular flexibility index (Phi) is 5.26. The fourth-order valence-corrected chi connectivity index (χ4v) is 2.95. The van der Waals surface area contributed by atoms with Crippen molar-refractivity contribution in [3.8, 4) is 0 Å². The van der Waals surface area contributed by atoms with E-state index in [0.717, 1.165) is 25.7 Å². The molecule has 17 heavy (non-hydrogen) atoms. The summed E-state index contributed by atoms with van der Waals surface area (Å²) >= 11 is 0. The lowest BCUT2D eigenvalue weighted by Gasteiger charge is -2.31. The molecular weight excluding hydrogens is 212 g/mol. The summed E-state index contributed by atoms with van der Waals surface area (Å²) < 4.78 is 5.85. The van der Waals surface area contributed by atoms with Crippen LogP contribution in [0.1, 0.15) is 46.0 Å². The monoisotopic (exact) mass is 240 g/mol. The van der Waals surface area contributed by atoms with Gasteiger partial charge >= 0.3 is 0 Å². The van der Waals surface area contributed by atoms with Crippen LogP contribution in [0.15, 0.2) is 0 Å². The van der Waals surface area contributed by atoms with Gasteiger partial charge in [0.05, 0.1) is 6.10 Å². The first-order chi connectivity index (χ1) is 8.25. The largest absolute Gasteiger partial charge is 0.377 e. The van der Waals surface area contributed by atoms with Crippen molar-refractivity contribution < 1.29 is 4.74 Å². The fraction of sp³-hybridized carbons (Fsp3) is 1.00. The molecular formula is C14H28N2O. The van der Waals surface area contributed by atoms with Crippen LogP contribution in [-0.2, 0) is 4.74 Å². The van der Waals surface area contributed by atoms with Crippen LogP contribution in [0.5, 0.6) is 0 Å². The molecule has 1 N–H and O–H groups in total. The molecule has 2 unspecified atom stereocenters. The molecule has 0 aromatic heterocycles. The molecule has 0 bridgehead atoms. The summed E-state index contributed by atoms with van der Waals surface area (Å²) in [7, 11) is 0. The molecule has 100 valence electrons. The van der Waals surface area contributed by atoms with Crippen LogP contribution in [0.25, 0.3) is 0 Å². The second-order valence-corrected chi connectivity index (χ2v) is 5.84. The van der Waals surface area contributed by atoms with Gasteiger partial charge in [0.15, 0.2) is 0 Å². The van der Waals surface area contributed by atoms with E-state index < -0.39 is 0 Å². The maximum atomic E-state index is 5.85. The van der Waals surface area contributed by atoms with E-state index in [-0.39, 0.29) is 0 Å². The number of likely N-dealkylation sites (tertiary alicyclic amines) is 1. The van der Waals surface area contributed by atoms with Crippen LogP contribution in [0, 0.1) is 0 Å². The van der Waals surface area contributed by atoms with Crippen LogP contribution in [-0.4, -0.2) is 49.3 Å². The van der Waals surface area contributed by atoms with Gasteiger partial charge in [0.2, 0.25) is 0 Å². The summed E-state index contributed by atoms with van der Waals surface area (Å²) in [6.07, 6.45) is 7.09. The first kappa shape index (κ1) is 13.3. The third-order valence-electron chi connectivity index (χ3n) is 3.97. The molecule has 3 heteroatoms. The van der Waals surface area contributed by atoms with Gasteiger partial charge in [-0.25, -0.2) is 0 Å². The maximum absolute atomic E-state index is 5.85. The van der Waals surface area contributed by atoms with E-state index in [1.807, 2.05) is 0 Å². The molecule has 2 aliphatic heterocycles. The summed E-state index contributed by atoms with van der Waals surface area (Å²) in [5, 5.41) is 3.57. The lowest BCUT2D eigenvalue weighted by molar-refractivity contribution is -0.00788. The standard InChI is InChI=1S/C14H28N2O/c1-12(2)15-10-13-6-5-8-16(13)11-14-7-3-4-9-17-14/h12-15H,3-11H2,1-2H3. The number of ether oxygens (including phenoxy) is 1. The second-order valence-electron chi connectivity index (χ2n) is 5.84. The molecule has 2 saturated heterocycles. The molecule has 2 atom stereocenters. The molecule has 0 spiro atoms. The third kappa shape index (κ3) is 4.23. The summed E-state index contributed by atoms with van der Waals surface area (Å²) in [6, 6.07) is 1.34. The van der Waals surface area contributed by atoms with E-state index in [1.165, 1.54) is 38.6 Å². The number of hydrogen-bond donors (Lipinski definition) is 1. The van der Waals surface area contributed by atoms with Gasteiger partial charge in [-0.1, -0.05) is 13.8 Å². The molecule has 2 rings (SSSR count). The zero-order chi connectivity index (χ0) is 12.1. The molecule has 0 saturated carbocycles. The van der Waals surface area contributed by atoms with E-state index in [9.17, 15) is 0 Å². The Morgan fingerprint density at radius 2 is 2.12 bits per heavy atom. The van der Waals surface area contributed by atoms with E-state index in [0.29, 0.717) is 12.1 Å². The number of rotatable bonds is 5. The molecule has 2 heterocycles. The summed E-state index contributed by atoms with van der Waals surface area (Å²) in [4.78, 5) is 2.64. The lowest BCUT2D eigenvalue weighted by atomic mass is 10.1. The van der Waals surface area contributed by atoms with Crippen molar-refractivity contribution in [2.24, 2.45) is 0 Å². The Balaban J connectivity index is 1.73. The highest BCUT2D eigenvalue weighted by atomic mass is 16.5. The Morgan fingerprint density at radius 1 is 1.24 bits per heavy atom. The van der Waals surface area contributed by atoms with Crippen molar-refractivity contribution in [3.63, 3.8) is 0 Å². The molecule has 0 aromatic rings. The Labute approximate surface area is 106 Å². The SMILES string of the molecule is CC(C)NCC1CCCN1CC1CCCCO1. The van der Waals surface area contributed by atoms with Gasteiger partial charge in [0.1, 0.15) is 0 Å². The van der Waals surface area contributed by atoms with Crippen molar-refractivity contribution >= 4 is 0 Å². The van der Waals surface area contributed by atoms with Crippen LogP contribution in [0.3, 0.4) is 0 Å². The minimum atomic E-state index is 0.503. The van der Waals surface area contributed by atoms with Gasteiger partial charge in [-0.15, -0.1) is 0 Å². The Bertz CT molecular complexity index is 214. The first-order valence-corrected chi connectivity index (χ1v) is 7.34. The summed E-state index contributed by atoms with van der Waals surface area (Å²) in [5.74, 6) is 0. The molecule has 0 amide bonds. The van der Waals surface area contributed by atoms with E-state index in [1.54, 1.807) is 0 Å². The molecule has 0 aromatic carbocycles. The molecule has 0 radical (unpaired) electrons. The van der Waals surface area contributed by atoms with Crippen molar-refractivity contribution in [1.82, 2.24) is 10.2 Å². The van der Waals surface area contributed by atoms with Crippen molar-refractivity contribution in [3.05, 3.63) is 0 Å². The van der Waals surface area contributed by atoms with Gasteiger partial charge in [0.25, 0.3) is 0 Å². The zero-order valence-corrected chi connectivity index (χ0v) is 11.5. The summed E-state index contributed by atoms with van der Waals surface area (Å²) in [6.45, 7) is 9.00. The summed E-state index contributed by atoms with van der Waals surface area (Å²) in [5.41, 5.74) is 0. The van der Waals surface area contributed by atoms with Crippen LogP contribution in [0.2, 0.25) is 0 Å². The average molecular weight is 240 g/mol. The van der Waals surface area contributed by atoms with E-state index in [4.69, 9.17) is 4.74 Å². The second kappa shape index (κ2) is 6.72. The first-order valence-electron chi connectivity index (χ1n) is 7.34. The zero-order valence-electron chi connectivity index (χ0n) is 11.5. The quantitative estimate of drug-likeness (QED) is 0.795. The highest BCUT2D eigenvalue weighted by Gasteiger charge is 2.27. The topological polar surface area (TPSA) is 24.5 Å². The van der Waals surface area contributed by atoms with Gasteiger partial charge in [-0.05, 0) is 38.6 Å². The fourth-order valence-electron chi connectivity index (χ4n) is 2.95. The van der Waals surface area contributed by atoms with Crippen molar-refractivity contribution in [2.45, 2.75) is 64.1 Å². The lowest BCUT2D eigenvalue weighted by Crippen LogP contribution is -2.44. The normalized spacial score (nSPS) is 31.2. The molecule has 2 fully saturated rings. The van der Waals surface area contributed by atoms with Crippen LogP contribution >= 0.6 is 0 Å². The minimum Gasteiger partial charge on any atom is -0.377 e. The Hall–Kier alpha value is -0.120. The van der Waals surface area contributed by atoms with E-state index in [2.05, 4.69) is 24.1 Å². The van der Waals surface area contributed by atoms with Crippen molar-refractivity contribution in [2.75, 3.05) is 26.2 Å². The minimum absolute atomic E-state index is 0.503. The maximum Gasteiger partial charge on any atom is 0.0702 e. The average Bonchev–Trinajstić information content (AvgIpc) is 2.75. The molecule has 0 aliphatic carbocycles. The third-order valence-corrected chi connectivity index (χ3v) is 3.97. The predicted molar refractivity (Wildman–Crippen MR) is 71.3 cm³/mol. The molecule has 2 aliphatic rings. The van der Waals surface area contributed by atoms with Gasteiger partial charge in [0, 0.05) is 31.8 Å².